The topological polar surface area (TPSA) is 55.4 Å². The molecule has 0 aromatic carbocycles. The quantitative estimate of drug-likeness (QED) is 0.426. The minimum Gasteiger partial charge on any atom is -0.374 e. The largest absolute Gasteiger partial charge is 0.565 e. The first-order chi connectivity index (χ1) is 9.03. The maximum Gasteiger partial charge on any atom is 0.565 e. The van der Waals surface area contributed by atoms with Gasteiger partial charge in [-0.2, -0.15) is 0 Å². The van der Waals surface area contributed by atoms with Gasteiger partial charge in [-0.3, -0.25) is 0 Å². The van der Waals surface area contributed by atoms with Crippen LogP contribution in [0.4, 0.5) is 0 Å². The second-order valence-electron chi connectivity index (χ2n) is 3.80. The van der Waals surface area contributed by atoms with E-state index in [1.54, 1.807) is 0 Å². The third kappa shape index (κ3) is 3.75. The molecule has 0 saturated carbocycles. The van der Waals surface area contributed by atoms with Crippen LogP contribution < -0.4 is 0 Å². The lowest BCUT2D eigenvalue weighted by Crippen LogP contribution is -2.71. The van der Waals surface area contributed by atoms with Gasteiger partial charge >= 0.3 is 8.80 Å². The fraction of sp³-hybridized carbons (Fsp3) is 1.00. The van der Waals surface area contributed by atoms with E-state index in [0.29, 0.717) is 19.8 Å². The molecule has 0 aromatic rings. The Morgan fingerprint density at radius 2 is 1.26 bits per heavy atom. The molecule has 0 radical (unpaired) electrons. The maximum atomic E-state index is 5.86. The van der Waals surface area contributed by atoms with Gasteiger partial charge in [0.1, 0.15) is 6.10 Å². The zero-order chi connectivity index (χ0) is 14.9. The third-order valence-corrected chi connectivity index (χ3v) is 6.06. The van der Waals surface area contributed by atoms with E-state index in [1.165, 1.54) is 21.3 Å². The van der Waals surface area contributed by atoms with Crippen LogP contribution in [0.3, 0.4) is 0 Å². The van der Waals surface area contributed by atoms with Crippen molar-refractivity contribution in [3.63, 3.8) is 0 Å². The summed E-state index contributed by atoms with van der Waals surface area (Å²) in [6.45, 7) is 8.94. The highest BCUT2D eigenvalue weighted by atomic mass is 28.4. The first-order valence-electron chi connectivity index (χ1n) is 6.58. The van der Waals surface area contributed by atoms with Crippen LogP contribution in [0.1, 0.15) is 27.7 Å². The normalized spacial score (nSPS) is 14.7. The standard InChI is InChI=1S/C12H28O6Si/c1-8-16-11(4)12(17-9-2,18-10-3)19(13-5,14-6)15-7/h11H,8-10H2,1-7H3. The zero-order valence-corrected chi connectivity index (χ0v) is 14.1. The second kappa shape index (κ2) is 9.01. The monoisotopic (exact) mass is 296 g/mol. The molecule has 0 aliphatic heterocycles. The molecule has 6 nitrogen and oxygen atoms in total. The summed E-state index contributed by atoms with van der Waals surface area (Å²) in [6, 6.07) is 0. The van der Waals surface area contributed by atoms with E-state index in [2.05, 4.69) is 0 Å². The minimum absolute atomic E-state index is 0.385. The minimum atomic E-state index is -3.21. The van der Waals surface area contributed by atoms with Gasteiger partial charge in [0.15, 0.2) is 0 Å². The number of ether oxygens (including phenoxy) is 3. The van der Waals surface area contributed by atoms with Gasteiger partial charge in [-0.05, 0) is 27.7 Å². The number of hydrogen-bond acceptors (Lipinski definition) is 6. The van der Waals surface area contributed by atoms with Crippen LogP contribution in [-0.2, 0) is 27.5 Å². The third-order valence-electron chi connectivity index (χ3n) is 2.90. The van der Waals surface area contributed by atoms with Crippen LogP contribution in [0.15, 0.2) is 0 Å². The summed E-state index contributed by atoms with van der Waals surface area (Å²) >= 11 is 0. The fourth-order valence-electron chi connectivity index (χ4n) is 2.17. The molecule has 0 aliphatic rings. The molecule has 0 N–H and O–H groups in total. The van der Waals surface area contributed by atoms with Crippen LogP contribution in [0, 0.1) is 0 Å². The molecule has 1 unspecified atom stereocenters. The van der Waals surface area contributed by atoms with Crippen molar-refractivity contribution >= 4 is 8.80 Å². The lowest BCUT2D eigenvalue weighted by molar-refractivity contribution is -0.265. The van der Waals surface area contributed by atoms with Crippen LogP contribution in [0.25, 0.3) is 0 Å². The summed E-state index contributed by atoms with van der Waals surface area (Å²) in [5, 5.41) is 0. The van der Waals surface area contributed by atoms with Crippen LogP contribution in [-0.4, -0.2) is 61.5 Å². The Bertz CT molecular complexity index is 220. The Hall–Kier alpha value is -0.0231. The molecule has 0 rings (SSSR count). The second-order valence-corrected chi connectivity index (χ2v) is 6.83. The summed E-state index contributed by atoms with van der Waals surface area (Å²) in [5.41, 5.74) is -1.18. The highest BCUT2D eigenvalue weighted by Crippen LogP contribution is 2.33. The van der Waals surface area contributed by atoms with Gasteiger partial charge in [0.2, 0.25) is 0 Å². The SMILES string of the molecule is CCOC(C)C(OCC)(OCC)[Si](OC)(OC)OC. The molecule has 116 valence electrons. The number of rotatable bonds is 11. The molecule has 0 aromatic heterocycles. The average Bonchev–Trinajstić information content (AvgIpc) is 2.41. The molecule has 0 saturated heterocycles. The van der Waals surface area contributed by atoms with E-state index in [-0.39, 0.29) is 6.10 Å². The molecule has 0 heterocycles. The lowest BCUT2D eigenvalue weighted by Gasteiger charge is -2.45. The van der Waals surface area contributed by atoms with Crippen LogP contribution in [0.2, 0.25) is 0 Å². The Balaban J connectivity index is 5.63. The molecular formula is C12H28O6Si. The van der Waals surface area contributed by atoms with Gasteiger partial charge in [-0.15, -0.1) is 0 Å². The predicted octanol–water partition coefficient (Wildman–Crippen LogP) is 1.60. The fourth-order valence-corrected chi connectivity index (χ4v) is 4.74. The van der Waals surface area contributed by atoms with Crippen molar-refractivity contribution in [2.45, 2.75) is 39.2 Å². The first-order valence-corrected chi connectivity index (χ1v) is 8.31. The highest BCUT2D eigenvalue weighted by Gasteiger charge is 2.66. The molecule has 19 heavy (non-hydrogen) atoms. The number of hydrogen-bond donors (Lipinski definition) is 0. The van der Waals surface area contributed by atoms with Crippen LogP contribution >= 0.6 is 0 Å². The predicted molar refractivity (Wildman–Crippen MR) is 73.9 cm³/mol. The van der Waals surface area contributed by atoms with Gasteiger partial charge in [-0.25, -0.2) is 0 Å². The Morgan fingerprint density at radius 3 is 1.53 bits per heavy atom. The Labute approximate surface area is 117 Å². The molecule has 0 bridgehead atoms. The van der Waals surface area contributed by atoms with Crippen molar-refractivity contribution in [2.24, 2.45) is 0 Å². The molecule has 0 amide bonds. The van der Waals surface area contributed by atoms with Crippen molar-refractivity contribution in [3.8, 4) is 0 Å². The molecule has 0 aliphatic carbocycles. The highest BCUT2D eigenvalue weighted by molar-refractivity contribution is 6.63. The summed E-state index contributed by atoms with van der Waals surface area (Å²) < 4.78 is 34.0. The van der Waals surface area contributed by atoms with E-state index in [4.69, 9.17) is 27.5 Å². The zero-order valence-electron chi connectivity index (χ0n) is 13.1. The summed E-state index contributed by atoms with van der Waals surface area (Å²) in [6.07, 6.45) is -0.385. The smallest absolute Gasteiger partial charge is 0.374 e. The summed E-state index contributed by atoms with van der Waals surface area (Å²) in [4.78, 5) is 0. The van der Waals surface area contributed by atoms with Gasteiger partial charge in [0.25, 0.3) is 5.41 Å². The van der Waals surface area contributed by atoms with Gasteiger partial charge in [0.05, 0.1) is 0 Å². The molecule has 1 atom stereocenters. The molecule has 0 fully saturated rings. The Morgan fingerprint density at radius 1 is 0.842 bits per heavy atom. The lowest BCUT2D eigenvalue weighted by atomic mass is 10.3. The van der Waals surface area contributed by atoms with Crippen molar-refractivity contribution in [1.82, 2.24) is 0 Å². The van der Waals surface area contributed by atoms with Crippen LogP contribution in [0.5, 0.6) is 0 Å². The van der Waals surface area contributed by atoms with E-state index in [9.17, 15) is 0 Å². The van der Waals surface area contributed by atoms with Crippen molar-refractivity contribution in [2.75, 3.05) is 41.2 Å². The molecular weight excluding hydrogens is 268 g/mol. The summed E-state index contributed by atoms with van der Waals surface area (Å²) in [5.74, 6) is 0. The van der Waals surface area contributed by atoms with E-state index in [0.717, 1.165) is 0 Å². The first kappa shape index (κ1) is 19.0. The van der Waals surface area contributed by atoms with Gasteiger partial charge in [-0.1, -0.05) is 0 Å². The van der Waals surface area contributed by atoms with Crippen molar-refractivity contribution in [3.05, 3.63) is 0 Å². The maximum absolute atomic E-state index is 5.86. The molecule has 7 heteroatoms. The summed E-state index contributed by atoms with van der Waals surface area (Å²) in [7, 11) is 1.39. The molecule has 0 spiro atoms. The van der Waals surface area contributed by atoms with Gasteiger partial charge in [0, 0.05) is 41.2 Å². The van der Waals surface area contributed by atoms with E-state index < -0.39 is 14.2 Å². The van der Waals surface area contributed by atoms with E-state index in [1.807, 2.05) is 27.7 Å². The van der Waals surface area contributed by atoms with E-state index >= 15 is 0 Å². The van der Waals surface area contributed by atoms with Crippen molar-refractivity contribution in [1.29, 1.82) is 0 Å². The average molecular weight is 296 g/mol. The van der Waals surface area contributed by atoms with Gasteiger partial charge < -0.3 is 27.5 Å². The van der Waals surface area contributed by atoms with Crippen molar-refractivity contribution < 1.29 is 27.5 Å². The Kier molecular flexibility index (Phi) is 9.00.